The summed E-state index contributed by atoms with van der Waals surface area (Å²) in [5.41, 5.74) is 0. The van der Waals surface area contributed by atoms with Gasteiger partial charge in [0.15, 0.2) is 0 Å². The summed E-state index contributed by atoms with van der Waals surface area (Å²) >= 11 is 0. The molecule has 20 heavy (non-hydrogen) atoms. The lowest BCUT2D eigenvalue weighted by molar-refractivity contribution is 0.0163. The quantitative estimate of drug-likeness (QED) is 0.324. The fourth-order valence-corrected chi connectivity index (χ4v) is 2.68. The minimum absolute atomic E-state index is 0.277. The van der Waals surface area contributed by atoms with E-state index >= 15 is 0 Å². The van der Waals surface area contributed by atoms with E-state index in [2.05, 4.69) is 18.7 Å². The number of aliphatic hydroxyl groups is 1. The molecule has 0 saturated heterocycles. The minimum Gasteiger partial charge on any atom is -0.379 e. The van der Waals surface area contributed by atoms with E-state index < -0.39 is 0 Å². The molecule has 2 heteroatoms. The molecule has 0 aliphatic rings. The van der Waals surface area contributed by atoms with E-state index in [1.807, 2.05) is 6.92 Å². The summed E-state index contributed by atoms with van der Waals surface area (Å²) in [5, 5.41) is 9.82. The fourth-order valence-electron chi connectivity index (χ4n) is 2.68. The van der Waals surface area contributed by atoms with Crippen LogP contribution in [-0.2, 0) is 0 Å². The maximum absolute atomic E-state index is 9.82. The molecule has 1 unspecified atom stereocenters. The van der Waals surface area contributed by atoms with Crippen LogP contribution in [0.25, 0.3) is 0 Å². The van der Waals surface area contributed by atoms with E-state index in [9.17, 15) is 5.11 Å². The van der Waals surface area contributed by atoms with E-state index in [1.54, 1.807) is 0 Å². The van der Waals surface area contributed by atoms with Crippen LogP contribution >= 0.6 is 0 Å². The van der Waals surface area contributed by atoms with Gasteiger partial charge in [-0.15, -0.1) is 0 Å². The SMILES string of the molecule is CCCCCCCCN(CCCCCCCC)C(C)O. The van der Waals surface area contributed by atoms with Gasteiger partial charge in [0, 0.05) is 13.1 Å². The maximum Gasteiger partial charge on any atom is 0.104 e. The minimum atomic E-state index is -0.277. The number of rotatable bonds is 15. The van der Waals surface area contributed by atoms with E-state index in [1.165, 1.54) is 77.0 Å². The van der Waals surface area contributed by atoms with Gasteiger partial charge < -0.3 is 5.11 Å². The molecular formula is C18H39NO. The number of hydrogen-bond donors (Lipinski definition) is 1. The maximum atomic E-state index is 9.82. The molecule has 0 fully saturated rings. The average molecular weight is 286 g/mol. The van der Waals surface area contributed by atoms with Gasteiger partial charge in [0.25, 0.3) is 0 Å². The monoisotopic (exact) mass is 285 g/mol. The van der Waals surface area contributed by atoms with Crippen molar-refractivity contribution in [2.45, 2.75) is 104 Å². The molecule has 122 valence electrons. The Morgan fingerprint density at radius 3 is 1.35 bits per heavy atom. The summed E-state index contributed by atoms with van der Waals surface area (Å²) in [7, 11) is 0. The molecule has 2 nitrogen and oxygen atoms in total. The third-order valence-corrected chi connectivity index (χ3v) is 4.13. The van der Waals surface area contributed by atoms with Crippen molar-refractivity contribution >= 4 is 0 Å². The van der Waals surface area contributed by atoms with Crippen molar-refractivity contribution in [3.63, 3.8) is 0 Å². The molecular weight excluding hydrogens is 246 g/mol. The Morgan fingerprint density at radius 2 is 1.00 bits per heavy atom. The smallest absolute Gasteiger partial charge is 0.104 e. The molecule has 0 aromatic heterocycles. The first kappa shape index (κ1) is 19.9. The zero-order valence-corrected chi connectivity index (χ0v) is 14.4. The second-order valence-corrected chi connectivity index (χ2v) is 6.20. The summed E-state index contributed by atoms with van der Waals surface area (Å²) in [6.07, 6.45) is 15.7. The zero-order valence-electron chi connectivity index (χ0n) is 14.4. The van der Waals surface area contributed by atoms with Crippen LogP contribution in [0.5, 0.6) is 0 Å². The van der Waals surface area contributed by atoms with Crippen molar-refractivity contribution in [3.05, 3.63) is 0 Å². The molecule has 0 rings (SSSR count). The molecule has 0 amide bonds. The Morgan fingerprint density at radius 1 is 0.650 bits per heavy atom. The molecule has 0 aromatic rings. The van der Waals surface area contributed by atoms with Crippen molar-refractivity contribution in [3.8, 4) is 0 Å². The largest absolute Gasteiger partial charge is 0.379 e. The predicted molar refractivity (Wildman–Crippen MR) is 90.0 cm³/mol. The van der Waals surface area contributed by atoms with Gasteiger partial charge in [-0.1, -0.05) is 78.1 Å². The van der Waals surface area contributed by atoms with Crippen LogP contribution in [0.4, 0.5) is 0 Å². The Labute approximate surface area is 127 Å². The fraction of sp³-hybridized carbons (Fsp3) is 1.00. The Hall–Kier alpha value is -0.0800. The van der Waals surface area contributed by atoms with Gasteiger partial charge in [-0.25, -0.2) is 0 Å². The first-order valence-electron chi connectivity index (χ1n) is 9.14. The highest BCUT2D eigenvalue weighted by Gasteiger charge is 2.09. The van der Waals surface area contributed by atoms with E-state index in [0.717, 1.165) is 13.1 Å². The topological polar surface area (TPSA) is 23.5 Å². The van der Waals surface area contributed by atoms with E-state index in [0.29, 0.717) is 0 Å². The molecule has 0 bridgehead atoms. The van der Waals surface area contributed by atoms with Crippen LogP contribution in [0.2, 0.25) is 0 Å². The van der Waals surface area contributed by atoms with Crippen LogP contribution in [0.3, 0.4) is 0 Å². The van der Waals surface area contributed by atoms with Crippen LogP contribution in [0.1, 0.15) is 97.8 Å². The first-order chi connectivity index (χ1) is 9.72. The molecule has 0 radical (unpaired) electrons. The first-order valence-corrected chi connectivity index (χ1v) is 9.14. The summed E-state index contributed by atoms with van der Waals surface area (Å²) in [5.74, 6) is 0. The van der Waals surface area contributed by atoms with Crippen LogP contribution in [0.15, 0.2) is 0 Å². The normalized spacial score (nSPS) is 13.1. The second-order valence-electron chi connectivity index (χ2n) is 6.20. The van der Waals surface area contributed by atoms with E-state index in [-0.39, 0.29) is 6.23 Å². The Bertz CT molecular complexity index is 166. The van der Waals surface area contributed by atoms with Crippen LogP contribution in [0, 0.1) is 0 Å². The lowest BCUT2D eigenvalue weighted by Gasteiger charge is -2.25. The summed E-state index contributed by atoms with van der Waals surface area (Å²) in [4.78, 5) is 2.25. The van der Waals surface area contributed by atoms with Crippen molar-refractivity contribution in [1.82, 2.24) is 4.90 Å². The van der Waals surface area contributed by atoms with E-state index in [4.69, 9.17) is 0 Å². The average Bonchev–Trinajstić information content (AvgIpc) is 2.43. The van der Waals surface area contributed by atoms with Gasteiger partial charge in [0.2, 0.25) is 0 Å². The summed E-state index contributed by atoms with van der Waals surface area (Å²) < 4.78 is 0. The Balaban J connectivity index is 3.51. The zero-order chi connectivity index (χ0) is 15.1. The van der Waals surface area contributed by atoms with Crippen molar-refractivity contribution in [2.75, 3.05) is 13.1 Å². The van der Waals surface area contributed by atoms with Gasteiger partial charge in [0.1, 0.15) is 6.23 Å². The molecule has 0 spiro atoms. The third kappa shape index (κ3) is 12.9. The number of hydrogen-bond acceptors (Lipinski definition) is 2. The van der Waals surface area contributed by atoms with Gasteiger partial charge in [0.05, 0.1) is 0 Å². The number of unbranched alkanes of at least 4 members (excludes halogenated alkanes) is 10. The highest BCUT2D eigenvalue weighted by Crippen LogP contribution is 2.10. The molecule has 0 aliphatic heterocycles. The highest BCUT2D eigenvalue weighted by molar-refractivity contribution is 4.60. The molecule has 1 atom stereocenters. The van der Waals surface area contributed by atoms with Gasteiger partial charge in [-0.2, -0.15) is 0 Å². The molecule has 1 N–H and O–H groups in total. The van der Waals surface area contributed by atoms with Crippen LogP contribution < -0.4 is 0 Å². The van der Waals surface area contributed by atoms with Crippen LogP contribution in [-0.4, -0.2) is 29.3 Å². The lowest BCUT2D eigenvalue weighted by atomic mass is 10.1. The summed E-state index contributed by atoms with van der Waals surface area (Å²) in [6.45, 7) is 8.57. The number of nitrogens with zero attached hydrogens (tertiary/aromatic N) is 1. The van der Waals surface area contributed by atoms with Gasteiger partial charge in [-0.3, -0.25) is 4.90 Å². The second kappa shape index (κ2) is 15.3. The number of aliphatic hydroxyl groups excluding tert-OH is 1. The molecule has 0 aromatic carbocycles. The molecule has 0 saturated carbocycles. The predicted octanol–water partition coefficient (Wildman–Crippen LogP) is 5.35. The van der Waals surface area contributed by atoms with Gasteiger partial charge >= 0.3 is 0 Å². The highest BCUT2D eigenvalue weighted by atomic mass is 16.3. The summed E-state index contributed by atoms with van der Waals surface area (Å²) in [6, 6.07) is 0. The van der Waals surface area contributed by atoms with Crippen molar-refractivity contribution in [2.24, 2.45) is 0 Å². The van der Waals surface area contributed by atoms with Crippen molar-refractivity contribution < 1.29 is 5.11 Å². The third-order valence-electron chi connectivity index (χ3n) is 4.13. The van der Waals surface area contributed by atoms with Gasteiger partial charge in [-0.05, 0) is 19.8 Å². The Kier molecular flexibility index (Phi) is 15.3. The molecule has 0 heterocycles. The molecule has 0 aliphatic carbocycles. The van der Waals surface area contributed by atoms with Crippen molar-refractivity contribution in [1.29, 1.82) is 0 Å². The lowest BCUT2D eigenvalue weighted by Crippen LogP contribution is -2.34. The standard InChI is InChI=1S/C18H39NO/c1-4-6-8-10-12-14-16-19(18(3)20)17-15-13-11-9-7-5-2/h18,20H,4-17H2,1-3H3.